The number of hydrogen-bond donors (Lipinski definition) is 2. The molecule has 0 aromatic carbocycles. The van der Waals surface area contributed by atoms with Gasteiger partial charge in [0.1, 0.15) is 0 Å². The van der Waals surface area contributed by atoms with E-state index in [-0.39, 0.29) is 18.0 Å². The maximum atomic E-state index is 11.8. The van der Waals surface area contributed by atoms with E-state index in [1.807, 2.05) is 20.8 Å². The molecule has 1 unspecified atom stereocenters. The van der Waals surface area contributed by atoms with Gasteiger partial charge in [-0.3, -0.25) is 4.79 Å². The lowest BCUT2D eigenvalue weighted by molar-refractivity contribution is -0.141. The van der Waals surface area contributed by atoms with Crippen LogP contribution in [0, 0.1) is 11.3 Å². The van der Waals surface area contributed by atoms with Crippen LogP contribution in [0.3, 0.4) is 0 Å². The average Bonchev–Trinajstić information content (AvgIpc) is 2.33. The Morgan fingerprint density at radius 3 is 2.47 bits per heavy atom. The van der Waals surface area contributed by atoms with Crippen LogP contribution in [0.2, 0.25) is 0 Å². The van der Waals surface area contributed by atoms with Crippen molar-refractivity contribution in [1.29, 1.82) is 0 Å². The predicted octanol–water partition coefficient (Wildman–Crippen LogP) is 1.41. The van der Waals surface area contributed by atoms with Gasteiger partial charge in [-0.1, -0.05) is 20.8 Å². The van der Waals surface area contributed by atoms with Crippen molar-refractivity contribution >= 4 is 12.0 Å². The number of rotatable bonds is 8. The number of urea groups is 1. The Hall–Kier alpha value is -1.30. The zero-order valence-electron chi connectivity index (χ0n) is 12.5. The van der Waals surface area contributed by atoms with Crippen LogP contribution in [0.4, 0.5) is 4.79 Å². The highest BCUT2D eigenvalue weighted by Crippen LogP contribution is 2.13. The van der Waals surface area contributed by atoms with Crippen LogP contribution < -0.4 is 5.32 Å². The van der Waals surface area contributed by atoms with Crippen LogP contribution >= 0.6 is 0 Å². The van der Waals surface area contributed by atoms with Gasteiger partial charge in [0.15, 0.2) is 0 Å². The molecule has 1 atom stereocenters. The van der Waals surface area contributed by atoms with Gasteiger partial charge in [-0.15, -0.1) is 0 Å². The second-order valence-electron chi connectivity index (χ2n) is 5.58. The van der Waals surface area contributed by atoms with Gasteiger partial charge in [-0.05, 0) is 6.92 Å². The number of aliphatic carboxylic acids is 1. The van der Waals surface area contributed by atoms with E-state index < -0.39 is 11.9 Å². The predicted molar refractivity (Wildman–Crippen MR) is 73.1 cm³/mol. The van der Waals surface area contributed by atoms with Gasteiger partial charge in [0.05, 0.1) is 12.5 Å². The fourth-order valence-electron chi connectivity index (χ4n) is 1.45. The molecule has 0 aliphatic heterocycles. The molecular weight excluding hydrogens is 248 g/mol. The van der Waals surface area contributed by atoms with Gasteiger partial charge >= 0.3 is 12.0 Å². The van der Waals surface area contributed by atoms with E-state index in [0.717, 1.165) is 0 Å². The molecule has 0 aromatic rings. The van der Waals surface area contributed by atoms with Gasteiger partial charge in [-0.25, -0.2) is 4.79 Å². The van der Waals surface area contributed by atoms with Crippen LogP contribution in [0.15, 0.2) is 0 Å². The summed E-state index contributed by atoms with van der Waals surface area (Å²) >= 11 is 0. The molecule has 0 aromatic heterocycles. The van der Waals surface area contributed by atoms with E-state index in [9.17, 15) is 9.59 Å². The van der Waals surface area contributed by atoms with Crippen LogP contribution in [0.5, 0.6) is 0 Å². The van der Waals surface area contributed by atoms with E-state index in [2.05, 4.69) is 5.32 Å². The molecule has 0 fully saturated rings. The summed E-state index contributed by atoms with van der Waals surface area (Å²) in [6, 6.07) is -0.266. The lowest BCUT2D eigenvalue weighted by atomic mass is 9.95. The molecule has 0 bridgehead atoms. The highest BCUT2D eigenvalue weighted by atomic mass is 16.5. The number of amides is 2. The lowest BCUT2D eigenvalue weighted by Crippen LogP contribution is -2.44. The smallest absolute Gasteiger partial charge is 0.317 e. The Morgan fingerprint density at radius 2 is 2.00 bits per heavy atom. The van der Waals surface area contributed by atoms with E-state index in [1.54, 1.807) is 14.0 Å². The van der Waals surface area contributed by atoms with E-state index >= 15 is 0 Å². The molecule has 0 rings (SSSR count). The fraction of sp³-hybridized carbons (Fsp3) is 0.846. The van der Waals surface area contributed by atoms with Crippen molar-refractivity contribution in [2.24, 2.45) is 11.3 Å². The number of nitrogens with zero attached hydrogens (tertiary/aromatic N) is 1. The van der Waals surface area contributed by atoms with Crippen molar-refractivity contribution in [2.75, 3.05) is 33.4 Å². The summed E-state index contributed by atoms with van der Waals surface area (Å²) in [4.78, 5) is 23.9. The highest BCUT2D eigenvalue weighted by Gasteiger charge is 2.21. The Morgan fingerprint density at radius 1 is 1.42 bits per heavy atom. The fourth-order valence-corrected chi connectivity index (χ4v) is 1.45. The first-order valence-corrected chi connectivity index (χ1v) is 6.49. The molecular formula is C13H26N2O4. The van der Waals surface area contributed by atoms with Crippen molar-refractivity contribution < 1.29 is 19.4 Å². The summed E-state index contributed by atoms with van der Waals surface area (Å²) in [6.07, 6.45) is 0. The SMILES string of the molecule is CCOCC(C)(C)CNC(=O)N(C)CC(C)C(=O)O. The minimum absolute atomic E-state index is 0.148. The second-order valence-corrected chi connectivity index (χ2v) is 5.58. The van der Waals surface area contributed by atoms with Crippen LogP contribution in [-0.4, -0.2) is 55.4 Å². The largest absolute Gasteiger partial charge is 0.481 e. The molecule has 6 heteroatoms. The number of carbonyl (C=O) groups excluding carboxylic acids is 1. The Kier molecular flexibility index (Phi) is 7.44. The van der Waals surface area contributed by atoms with Crippen molar-refractivity contribution in [3.05, 3.63) is 0 Å². The first-order valence-electron chi connectivity index (χ1n) is 6.49. The third-order valence-corrected chi connectivity index (χ3v) is 2.73. The van der Waals surface area contributed by atoms with Gasteiger partial charge < -0.3 is 20.1 Å². The molecule has 2 amide bonds. The minimum Gasteiger partial charge on any atom is -0.481 e. The van der Waals surface area contributed by atoms with Gasteiger partial charge in [0.2, 0.25) is 0 Å². The van der Waals surface area contributed by atoms with E-state index in [1.165, 1.54) is 4.90 Å². The van der Waals surface area contributed by atoms with Crippen molar-refractivity contribution in [3.63, 3.8) is 0 Å². The molecule has 0 aliphatic carbocycles. The summed E-state index contributed by atoms with van der Waals surface area (Å²) in [7, 11) is 1.59. The number of ether oxygens (including phenoxy) is 1. The summed E-state index contributed by atoms with van der Waals surface area (Å²) in [6.45, 7) is 9.39. The molecule has 2 N–H and O–H groups in total. The first-order chi connectivity index (χ1) is 8.69. The highest BCUT2D eigenvalue weighted by molar-refractivity contribution is 5.75. The van der Waals surface area contributed by atoms with Gasteiger partial charge in [0, 0.05) is 32.2 Å². The number of nitrogens with one attached hydrogen (secondary N) is 1. The quantitative estimate of drug-likeness (QED) is 0.701. The standard InChI is InChI=1S/C13H26N2O4/c1-6-19-9-13(3,4)8-14-12(18)15(5)7-10(2)11(16)17/h10H,6-9H2,1-5H3,(H,14,18)(H,16,17). The van der Waals surface area contributed by atoms with Crippen molar-refractivity contribution in [3.8, 4) is 0 Å². The summed E-state index contributed by atoms with van der Waals surface area (Å²) in [5, 5.41) is 11.6. The Labute approximate surface area is 115 Å². The molecule has 0 saturated heterocycles. The number of carboxylic acid groups (broad SMARTS) is 1. The molecule has 0 heterocycles. The van der Waals surface area contributed by atoms with Gasteiger partial charge in [-0.2, -0.15) is 0 Å². The summed E-state index contributed by atoms with van der Waals surface area (Å²) in [5.41, 5.74) is -0.148. The third kappa shape index (κ3) is 7.66. The van der Waals surface area contributed by atoms with E-state index in [0.29, 0.717) is 19.8 Å². The zero-order valence-corrected chi connectivity index (χ0v) is 12.5. The van der Waals surface area contributed by atoms with Crippen molar-refractivity contribution in [1.82, 2.24) is 10.2 Å². The molecule has 6 nitrogen and oxygen atoms in total. The van der Waals surface area contributed by atoms with Crippen molar-refractivity contribution in [2.45, 2.75) is 27.7 Å². The lowest BCUT2D eigenvalue weighted by Gasteiger charge is -2.27. The average molecular weight is 274 g/mol. The molecule has 19 heavy (non-hydrogen) atoms. The topological polar surface area (TPSA) is 78.9 Å². The number of carbonyl (C=O) groups is 2. The molecule has 0 spiro atoms. The Balaban J connectivity index is 4.12. The molecule has 0 aliphatic rings. The number of carboxylic acids is 1. The maximum Gasteiger partial charge on any atom is 0.317 e. The van der Waals surface area contributed by atoms with Gasteiger partial charge in [0.25, 0.3) is 0 Å². The third-order valence-electron chi connectivity index (χ3n) is 2.73. The summed E-state index contributed by atoms with van der Waals surface area (Å²) < 4.78 is 5.34. The van der Waals surface area contributed by atoms with Crippen LogP contribution in [0.1, 0.15) is 27.7 Å². The molecule has 0 radical (unpaired) electrons. The zero-order chi connectivity index (χ0) is 15.1. The molecule has 112 valence electrons. The monoisotopic (exact) mass is 274 g/mol. The normalized spacial score (nSPS) is 12.9. The molecule has 0 saturated carbocycles. The second kappa shape index (κ2) is 7.99. The maximum absolute atomic E-state index is 11.8. The Bertz CT molecular complexity index is 305. The first kappa shape index (κ1) is 17.7. The van der Waals surface area contributed by atoms with E-state index in [4.69, 9.17) is 9.84 Å². The minimum atomic E-state index is -0.906. The van der Waals surface area contributed by atoms with Crippen LogP contribution in [-0.2, 0) is 9.53 Å². The number of hydrogen-bond acceptors (Lipinski definition) is 3. The summed E-state index contributed by atoms with van der Waals surface area (Å²) in [5.74, 6) is -1.48. The van der Waals surface area contributed by atoms with Crippen LogP contribution in [0.25, 0.3) is 0 Å².